The minimum Gasteiger partial charge on any atom is -0.370 e. The van der Waals surface area contributed by atoms with Crippen LogP contribution < -0.4 is 10.7 Å². The van der Waals surface area contributed by atoms with Gasteiger partial charge in [-0.25, -0.2) is 4.99 Å². The van der Waals surface area contributed by atoms with Crippen LogP contribution in [0.4, 0.5) is 0 Å². The van der Waals surface area contributed by atoms with Crippen molar-refractivity contribution in [3.05, 3.63) is 34.1 Å². The average molecular weight is 318 g/mol. The van der Waals surface area contributed by atoms with Crippen molar-refractivity contribution in [2.24, 2.45) is 10.4 Å². The standard InChI is InChI=1S/C19H18N4O/c20-10-14-17(23-7-5-19(3-4-19)6-8-23)13-9-15(12-1-2-12)21-11-16(13)22-18(14)24/h9,11H,1-8H2. The summed E-state index contributed by atoms with van der Waals surface area (Å²) < 4.78 is 0. The lowest BCUT2D eigenvalue weighted by atomic mass is 9.91. The SMILES string of the molecule is N#CC1=C(N2CCC3(CC2)CC3)c2cc(=C3CC3)ncc2=NC1=O. The van der Waals surface area contributed by atoms with E-state index in [0.717, 1.165) is 55.4 Å². The van der Waals surface area contributed by atoms with Gasteiger partial charge >= 0.3 is 0 Å². The number of hydrogen-bond donors (Lipinski definition) is 0. The van der Waals surface area contributed by atoms with Gasteiger partial charge in [0.05, 0.1) is 22.6 Å². The lowest BCUT2D eigenvalue weighted by molar-refractivity contribution is -0.114. The van der Waals surface area contributed by atoms with E-state index < -0.39 is 5.91 Å². The van der Waals surface area contributed by atoms with Gasteiger partial charge in [0.15, 0.2) is 0 Å². The Hall–Kier alpha value is -2.48. The average Bonchev–Trinajstić information content (AvgIpc) is 3.50. The van der Waals surface area contributed by atoms with Crippen molar-refractivity contribution in [1.29, 1.82) is 5.26 Å². The maximum Gasteiger partial charge on any atom is 0.290 e. The van der Waals surface area contributed by atoms with Gasteiger partial charge < -0.3 is 4.90 Å². The van der Waals surface area contributed by atoms with Crippen LogP contribution in [0.25, 0.3) is 11.3 Å². The van der Waals surface area contributed by atoms with Crippen molar-refractivity contribution in [1.82, 2.24) is 9.88 Å². The molecule has 1 saturated heterocycles. The fourth-order valence-corrected chi connectivity index (χ4v) is 3.95. The molecule has 0 N–H and O–H groups in total. The first kappa shape index (κ1) is 13.9. The van der Waals surface area contributed by atoms with Gasteiger partial charge in [-0.2, -0.15) is 5.26 Å². The summed E-state index contributed by atoms with van der Waals surface area (Å²) >= 11 is 0. The van der Waals surface area contributed by atoms with Gasteiger partial charge in [-0.1, -0.05) is 0 Å². The summed E-state index contributed by atoms with van der Waals surface area (Å²) in [7, 11) is 0. The molecule has 5 heteroatoms. The molecule has 3 heterocycles. The Kier molecular flexibility index (Phi) is 2.76. The molecule has 1 aromatic rings. The highest BCUT2D eigenvalue weighted by molar-refractivity contribution is 6.06. The van der Waals surface area contributed by atoms with E-state index in [-0.39, 0.29) is 5.57 Å². The molecule has 1 amide bonds. The van der Waals surface area contributed by atoms with Crippen LogP contribution in [0.2, 0.25) is 0 Å². The third-order valence-corrected chi connectivity index (χ3v) is 5.88. The zero-order valence-corrected chi connectivity index (χ0v) is 13.5. The molecule has 1 spiro atoms. The lowest BCUT2D eigenvalue weighted by Crippen LogP contribution is -2.38. The van der Waals surface area contributed by atoms with Crippen LogP contribution in [0.1, 0.15) is 44.1 Å². The van der Waals surface area contributed by atoms with Crippen LogP contribution in [-0.4, -0.2) is 28.9 Å². The number of carbonyl (C=O) groups excluding carboxylic acids is 1. The van der Waals surface area contributed by atoms with Gasteiger partial charge in [0, 0.05) is 18.7 Å². The number of likely N-dealkylation sites (tertiary alicyclic amines) is 1. The minimum absolute atomic E-state index is 0.187. The fourth-order valence-electron chi connectivity index (χ4n) is 3.95. The van der Waals surface area contributed by atoms with E-state index in [2.05, 4.69) is 20.9 Å². The molecular formula is C19H18N4O. The van der Waals surface area contributed by atoms with Gasteiger partial charge in [0.25, 0.3) is 5.91 Å². The molecule has 24 heavy (non-hydrogen) atoms. The first-order valence-corrected chi connectivity index (χ1v) is 8.70. The Morgan fingerprint density at radius 1 is 1.17 bits per heavy atom. The second-order valence-electron chi connectivity index (χ2n) is 7.43. The van der Waals surface area contributed by atoms with Gasteiger partial charge in [0.2, 0.25) is 0 Å². The summed E-state index contributed by atoms with van der Waals surface area (Å²) in [4.78, 5) is 23.1. The summed E-state index contributed by atoms with van der Waals surface area (Å²) in [5, 5.41) is 11.1. The molecule has 2 aliphatic carbocycles. The predicted molar refractivity (Wildman–Crippen MR) is 87.7 cm³/mol. The highest BCUT2D eigenvalue weighted by Crippen LogP contribution is 2.54. The molecule has 0 atom stereocenters. The number of rotatable bonds is 1. The van der Waals surface area contributed by atoms with E-state index in [1.54, 1.807) is 6.20 Å². The molecule has 0 aromatic carbocycles. The van der Waals surface area contributed by atoms with Crippen LogP contribution in [-0.2, 0) is 4.79 Å². The van der Waals surface area contributed by atoms with Crippen LogP contribution in [0, 0.1) is 16.7 Å². The number of amides is 1. The highest BCUT2D eigenvalue weighted by Gasteiger charge is 2.45. The quantitative estimate of drug-likeness (QED) is 0.782. The van der Waals surface area contributed by atoms with Crippen molar-refractivity contribution in [3.8, 4) is 6.07 Å². The fraction of sp³-hybridized carbons (Fsp3) is 0.474. The molecule has 2 aliphatic heterocycles. The topological polar surface area (TPSA) is 69.3 Å². The zero-order valence-electron chi connectivity index (χ0n) is 13.5. The number of piperidine rings is 1. The summed E-state index contributed by atoms with van der Waals surface area (Å²) in [5.74, 6) is -0.430. The Bertz CT molecular complexity index is 946. The molecule has 5 rings (SSSR count). The Labute approximate surface area is 140 Å². The van der Waals surface area contributed by atoms with Crippen molar-refractivity contribution in [2.45, 2.75) is 38.5 Å². The first-order valence-electron chi connectivity index (χ1n) is 8.70. The van der Waals surface area contributed by atoms with Gasteiger partial charge in [-0.3, -0.25) is 9.78 Å². The van der Waals surface area contributed by atoms with Crippen LogP contribution >= 0.6 is 0 Å². The molecular weight excluding hydrogens is 300 g/mol. The normalized spacial score (nSPS) is 23.7. The number of fused-ring (bicyclic) bond motifs is 1. The van der Waals surface area contributed by atoms with E-state index >= 15 is 0 Å². The summed E-state index contributed by atoms with van der Waals surface area (Å²) in [6.45, 7) is 1.84. The van der Waals surface area contributed by atoms with Crippen LogP contribution in [0.3, 0.4) is 0 Å². The maximum atomic E-state index is 12.3. The smallest absolute Gasteiger partial charge is 0.290 e. The predicted octanol–water partition coefficient (Wildman–Crippen LogP) is 1.30. The number of aromatic nitrogens is 1. The molecule has 0 unspecified atom stereocenters. The maximum absolute atomic E-state index is 12.3. The van der Waals surface area contributed by atoms with Gasteiger partial charge in [0.1, 0.15) is 11.6 Å². The Morgan fingerprint density at radius 3 is 2.54 bits per heavy atom. The first-order chi connectivity index (χ1) is 11.7. The Morgan fingerprint density at radius 2 is 1.92 bits per heavy atom. The van der Waals surface area contributed by atoms with E-state index in [0.29, 0.717) is 10.8 Å². The van der Waals surface area contributed by atoms with Crippen LogP contribution in [0.5, 0.6) is 0 Å². The molecule has 2 saturated carbocycles. The molecule has 3 fully saturated rings. The third kappa shape index (κ3) is 2.10. The molecule has 5 nitrogen and oxygen atoms in total. The number of pyridine rings is 1. The van der Waals surface area contributed by atoms with E-state index in [9.17, 15) is 10.1 Å². The third-order valence-electron chi connectivity index (χ3n) is 5.88. The van der Waals surface area contributed by atoms with E-state index in [1.165, 1.54) is 18.4 Å². The van der Waals surface area contributed by atoms with Gasteiger partial charge in [-0.15, -0.1) is 0 Å². The summed E-state index contributed by atoms with van der Waals surface area (Å²) in [5.41, 5.74) is 3.79. The highest BCUT2D eigenvalue weighted by atomic mass is 16.1. The number of hydrogen-bond acceptors (Lipinski definition) is 4. The minimum atomic E-state index is -0.430. The molecule has 120 valence electrons. The van der Waals surface area contributed by atoms with Gasteiger partial charge in [-0.05, 0) is 55.6 Å². The zero-order chi connectivity index (χ0) is 16.3. The monoisotopic (exact) mass is 318 g/mol. The van der Waals surface area contributed by atoms with Crippen molar-refractivity contribution >= 4 is 17.2 Å². The Balaban J connectivity index is 1.65. The van der Waals surface area contributed by atoms with Crippen molar-refractivity contribution in [3.63, 3.8) is 0 Å². The molecule has 0 bridgehead atoms. The van der Waals surface area contributed by atoms with E-state index in [4.69, 9.17) is 0 Å². The van der Waals surface area contributed by atoms with Crippen LogP contribution in [0.15, 0.2) is 22.8 Å². The molecule has 0 radical (unpaired) electrons. The second kappa shape index (κ2) is 4.76. The summed E-state index contributed by atoms with van der Waals surface area (Å²) in [6.07, 6.45) is 8.87. The number of nitriles is 1. The molecule has 4 aliphatic rings. The number of carbonyl (C=O) groups is 1. The van der Waals surface area contributed by atoms with Crippen molar-refractivity contribution in [2.75, 3.05) is 13.1 Å². The lowest BCUT2D eigenvalue weighted by Gasteiger charge is -2.36. The number of nitrogens with zero attached hydrogens (tertiary/aromatic N) is 4. The largest absolute Gasteiger partial charge is 0.370 e. The second-order valence-corrected chi connectivity index (χ2v) is 7.43. The van der Waals surface area contributed by atoms with Crippen molar-refractivity contribution < 1.29 is 4.79 Å². The summed E-state index contributed by atoms with van der Waals surface area (Å²) in [6, 6.07) is 4.14. The molecule has 1 aromatic heterocycles. The van der Waals surface area contributed by atoms with E-state index in [1.807, 2.05) is 6.07 Å².